The van der Waals surface area contributed by atoms with E-state index < -0.39 is 0 Å². The van der Waals surface area contributed by atoms with Crippen LogP contribution in [0.3, 0.4) is 0 Å². The van der Waals surface area contributed by atoms with Crippen LogP contribution in [-0.4, -0.2) is 44.0 Å². The molecule has 1 saturated heterocycles. The summed E-state index contributed by atoms with van der Waals surface area (Å²) in [7, 11) is 2.25. The summed E-state index contributed by atoms with van der Waals surface area (Å²) in [4.78, 5) is 2.46. The van der Waals surface area contributed by atoms with Crippen molar-refractivity contribution < 1.29 is 9.47 Å². The topological polar surface area (TPSA) is 21.7 Å². The predicted octanol–water partition coefficient (Wildman–Crippen LogP) is 14.5. The van der Waals surface area contributed by atoms with Crippen molar-refractivity contribution >= 4 is 0 Å². The van der Waals surface area contributed by atoms with Gasteiger partial charge in [0.25, 0.3) is 0 Å². The lowest BCUT2D eigenvalue weighted by Crippen LogP contribution is -2.37. The number of hydrogen-bond donors (Lipinski definition) is 0. The van der Waals surface area contributed by atoms with Gasteiger partial charge in [0.2, 0.25) is 0 Å². The number of ether oxygens (including phenoxy) is 2. The van der Waals surface area contributed by atoms with Crippen LogP contribution in [0.5, 0.6) is 0 Å². The van der Waals surface area contributed by atoms with Crippen molar-refractivity contribution in [3.05, 3.63) is 36.5 Å². The van der Waals surface area contributed by atoms with E-state index in [1.807, 2.05) is 0 Å². The zero-order chi connectivity index (χ0) is 34.5. The molecule has 0 aromatic carbocycles. The summed E-state index contributed by atoms with van der Waals surface area (Å²) in [5, 5.41) is 0. The predicted molar refractivity (Wildman–Crippen MR) is 214 cm³/mol. The number of unbranched alkanes of at least 4 members (excludes halogenated alkanes) is 21. The Labute approximate surface area is 302 Å². The number of nitrogens with zero attached hydrogens (tertiary/aromatic N) is 1. The van der Waals surface area contributed by atoms with Gasteiger partial charge in [-0.25, -0.2) is 0 Å². The zero-order valence-electron chi connectivity index (χ0n) is 33.0. The van der Waals surface area contributed by atoms with Crippen LogP contribution in [0, 0.1) is 0 Å². The van der Waals surface area contributed by atoms with E-state index in [1.165, 1.54) is 173 Å². The summed E-state index contributed by atoms with van der Waals surface area (Å²) >= 11 is 0. The van der Waals surface area contributed by atoms with Crippen molar-refractivity contribution in [2.24, 2.45) is 0 Å². The minimum absolute atomic E-state index is 0.348. The van der Waals surface area contributed by atoms with Crippen molar-refractivity contribution in [2.75, 3.05) is 33.4 Å². The van der Waals surface area contributed by atoms with E-state index in [4.69, 9.17) is 9.47 Å². The fourth-order valence-corrected chi connectivity index (χ4v) is 6.93. The molecule has 282 valence electrons. The van der Waals surface area contributed by atoms with Crippen molar-refractivity contribution in [1.82, 2.24) is 4.90 Å². The Morgan fingerprint density at radius 1 is 0.438 bits per heavy atom. The molecule has 0 N–H and O–H groups in total. The Balaban J connectivity index is 2.26. The molecule has 0 saturated carbocycles. The first-order valence-electron chi connectivity index (χ1n) is 21.6. The molecule has 1 rings (SSSR count). The van der Waals surface area contributed by atoms with E-state index in [9.17, 15) is 0 Å². The van der Waals surface area contributed by atoms with Gasteiger partial charge in [0.05, 0.1) is 13.2 Å². The molecule has 1 aliphatic heterocycles. The Bertz CT molecular complexity index is 730. The third kappa shape index (κ3) is 30.0. The normalized spacial score (nSPS) is 18.8. The molecule has 3 nitrogen and oxygen atoms in total. The molecule has 0 aromatic rings. The van der Waals surface area contributed by atoms with Crippen LogP contribution in [0.1, 0.15) is 213 Å². The van der Waals surface area contributed by atoms with Gasteiger partial charge in [-0.3, -0.25) is 0 Å². The SMILES string of the molecule is CCCCC/C=C\C/C=C\CCCCCCCCC1(CCCCCCCC/C=C\CCCCCCCC)OCCCCN(C)CCCO1. The molecule has 0 aromatic heterocycles. The minimum Gasteiger partial charge on any atom is -0.350 e. The van der Waals surface area contributed by atoms with Gasteiger partial charge in [0.1, 0.15) is 0 Å². The molecule has 0 amide bonds. The molecule has 1 heterocycles. The molecule has 1 atom stereocenters. The first kappa shape index (κ1) is 45.1. The van der Waals surface area contributed by atoms with Gasteiger partial charge in [-0.1, -0.05) is 147 Å². The van der Waals surface area contributed by atoms with Crippen LogP contribution in [0.4, 0.5) is 0 Å². The molecule has 3 heteroatoms. The van der Waals surface area contributed by atoms with E-state index in [-0.39, 0.29) is 5.79 Å². The summed E-state index contributed by atoms with van der Waals surface area (Å²) in [5.41, 5.74) is 0. The van der Waals surface area contributed by atoms with E-state index in [0.717, 1.165) is 51.9 Å². The first-order valence-corrected chi connectivity index (χ1v) is 21.6. The Morgan fingerprint density at radius 3 is 1.33 bits per heavy atom. The van der Waals surface area contributed by atoms with Gasteiger partial charge in [-0.05, 0) is 103 Å². The fraction of sp³-hybridized carbons (Fsp3) is 0.867. The Kier molecular flexibility index (Phi) is 33.8. The van der Waals surface area contributed by atoms with Gasteiger partial charge in [-0.15, -0.1) is 0 Å². The zero-order valence-corrected chi connectivity index (χ0v) is 33.0. The number of rotatable bonds is 31. The average molecular weight is 672 g/mol. The highest BCUT2D eigenvalue weighted by Crippen LogP contribution is 2.30. The second-order valence-electron chi connectivity index (χ2n) is 15.0. The quantitative estimate of drug-likeness (QED) is 0.0541. The molecule has 0 aliphatic carbocycles. The molecule has 0 radical (unpaired) electrons. The van der Waals surface area contributed by atoms with Crippen molar-refractivity contribution in [3.8, 4) is 0 Å². The summed E-state index contributed by atoms with van der Waals surface area (Å²) in [6.45, 7) is 8.56. The van der Waals surface area contributed by atoms with Crippen molar-refractivity contribution in [2.45, 2.75) is 219 Å². The molecule has 1 fully saturated rings. The summed E-state index contributed by atoms with van der Waals surface area (Å²) in [6, 6.07) is 0. The van der Waals surface area contributed by atoms with Crippen LogP contribution >= 0.6 is 0 Å². The average Bonchev–Trinajstić information content (AvgIpc) is 3.13. The maximum atomic E-state index is 6.69. The highest BCUT2D eigenvalue weighted by Gasteiger charge is 2.31. The summed E-state index contributed by atoms with van der Waals surface area (Å²) in [5.74, 6) is -0.348. The van der Waals surface area contributed by atoms with Crippen LogP contribution in [0.25, 0.3) is 0 Å². The molecule has 48 heavy (non-hydrogen) atoms. The lowest BCUT2D eigenvalue weighted by atomic mass is 9.98. The lowest BCUT2D eigenvalue weighted by Gasteiger charge is -2.34. The first-order chi connectivity index (χ1) is 23.7. The Morgan fingerprint density at radius 2 is 0.812 bits per heavy atom. The van der Waals surface area contributed by atoms with Crippen molar-refractivity contribution in [1.29, 1.82) is 0 Å². The van der Waals surface area contributed by atoms with Crippen LogP contribution < -0.4 is 0 Å². The highest BCUT2D eigenvalue weighted by molar-refractivity contribution is 4.92. The maximum Gasteiger partial charge on any atom is 0.168 e. The van der Waals surface area contributed by atoms with Crippen LogP contribution in [0.2, 0.25) is 0 Å². The van der Waals surface area contributed by atoms with Gasteiger partial charge >= 0.3 is 0 Å². The molecule has 1 unspecified atom stereocenters. The molecule has 0 bridgehead atoms. The second-order valence-corrected chi connectivity index (χ2v) is 15.0. The van der Waals surface area contributed by atoms with Gasteiger partial charge in [-0.2, -0.15) is 0 Å². The van der Waals surface area contributed by atoms with Crippen LogP contribution in [-0.2, 0) is 9.47 Å². The van der Waals surface area contributed by atoms with Gasteiger partial charge in [0, 0.05) is 19.4 Å². The fourth-order valence-electron chi connectivity index (χ4n) is 6.93. The maximum absolute atomic E-state index is 6.69. The molecule has 0 spiro atoms. The molecule has 1 aliphatic rings. The van der Waals surface area contributed by atoms with Gasteiger partial charge < -0.3 is 14.4 Å². The minimum atomic E-state index is -0.348. The second kappa shape index (κ2) is 35.9. The number of hydrogen-bond acceptors (Lipinski definition) is 3. The lowest BCUT2D eigenvalue weighted by molar-refractivity contribution is -0.247. The third-order valence-electron chi connectivity index (χ3n) is 10.2. The number of allylic oxidation sites excluding steroid dienone is 6. The van der Waals surface area contributed by atoms with Gasteiger partial charge in [0.15, 0.2) is 5.79 Å². The molecular weight excluding hydrogens is 587 g/mol. The van der Waals surface area contributed by atoms with E-state index in [2.05, 4.69) is 62.3 Å². The summed E-state index contributed by atoms with van der Waals surface area (Å²) in [6.07, 6.45) is 54.4. The monoisotopic (exact) mass is 672 g/mol. The third-order valence-corrected chi connectivity index (χ3v) is 10.2. The van der Waals surface area contributed by atoms with E-state index in [0.29, 0.717) is 0 Å². The standard InChI is InChI=1S/C45H85NO2/c1-4-6-8-10-12-14-16-18-20-22-24-26-28-30-32-34-39-45(47-43-37-36-41-46(3)42-38-44-48-45)40-35-33-31-29-27-25-23-21-19-17-15-13-11-9-7-5-2/h12,14,18-21H,4-11,13,15-17,22-44H2,1-3H3/b14-12-,20-18-,21-19-. The largest absolute Gasteiger partial charge is 0.350 e. The van der Waals surface area contributed by atoms with E-state index >= 15 is 0 Å². The molecular formula is C45H85NO2. The van der Waals surface area contributed by atoms with Crippen LogP contribution in [0.15, 0.2) is 36.5 Å². The highest BCUT2D eigenvalue weighted by atomic mass is 16.7. The van der Waals surface area contributed by atoms with Crippen molar-refractivity contribution in [3.63, 3.8) is 0 Å². The smallest absolute Gasteiger partial charge is 0.168 e. The summed E-state index contributed by atoms with van der Waals surface area (Å²) < 4.78 is 13.4. The van der Waals surface area contributed by atoms with E-state index in [1.54, 1.807) is 0 Å². The Hall–Kier alpha value is -0.900.